The SMILES string of the molecule is CC1=C(C(=O)Nc2ccccn2)[C@H](c2cccc(F)c2)C2C(=O)C[C@H](C)CC2=N1. The second-order valence-electron chi connectivity index (χ2n) is 7.76. The van der Waals surface area contributed by atoms with Gasteiger partial charge < -0.3 is 5.32 Å². The quantitative estimate of drug-likeness (QED) is 0.849. The molecule has 148 valence electrons. The number of Topliss-reactive ketones (excluding diaryl/α,β-unsaturated/α-hetero) is 1. The van der Waals surface area contributed by atoms with Crippen molar-refractivity contribution in [3.8, 4) is 0 Å². The highest BCUT2D eigenvalue weighted by Gasteiger charge is 2.44. The Morgan fingerprint density at radius 2 is 1.97 bits per heavy atom. The van der Waals surface area contributed by atoms with Crippen molar-refractivity contribution in [1.29, 1.82) is 0 Å². The van der Waals surface area contributed by atoms with E-state index in [0.717, 1.165) is 5.71 Å². The first-order valence-corrected chi connectivity index (χ1v) is 9.73. The van der Waals surface area contributed by atoms with Gasteiger partial charge in [-0.15, -0.1) is 0 Å². The van der Waals surface area contributed by atoms with Crippen molar-refractivity contribution < 1.29 is 14.0 Å². The van der Waals surface area contributed by atoms with E-state index in [0.29, 0.717) is 35.5 Å². The van der Waals surface area contributed by atoms with Crippen molar-refractivity contribution >= 4 is 23.2 Å². The molecule has 1 saturated carbocycles. The second-order valence-corrected chi connectivity index (χ2v) is 7.76. The molecule has 4 rings (SSSR count). The molecule has 1 unspecified atom stereocenters. The molecule has 1 fully saturated rings. The van der Waals surface area contributed by atoms with Gasteiger partial charge >= 0.3 is 0 Å². The monoisotopic (exact) mass is 391 g/mol. The number of ketones is 1. The van der Waals surface area contributed by atoms with Crippen LogP contribution in [0, 0.1) is 17.7 Å². The molecular formula is C23H22FN3O2. The van der Waals surface area contributed by atoms with Crippen LogP contribution in [0.1, 0.15) is 38.2 Å². The summed E-state index contributed by atoms with van der Waals surface area (Å²) < 4.78 is 14.0. The number of fused-ring (bicyclic) bond motifs is 1. The average molecular weight is 391 g/mol. The topological polar surface area (TPSA) is 71.4 Å². The lowest BCUT2D eigenvalue weighted by atomic mass is 9.67. The van der Waals surface area contributed by atoms with Crippen LogP contribution in [-0.2, 0) is 9.59 Å². The van der Waals surface area contributed by atoms with Crippen molar-refractivity contribution in [2.75, 3.05) is 5.32 Å². The molecule has 2 aliphatic rings. The van der Waals surface area contributed by atoms with E-state index >= 15 is 0 Å². The Balaban J connectivity index is 1.81. The smallest absolute Gasteiger partial charge is 0.255 e. The molecule has 0 saturated heterocycles. The number of halogens is 1. The van der Waals surface area contributed by atoms with Crippen molar-refractivity contribution in [3.05, 3.63) is 71.3 Å². The zero-order chi connectivity index (χ0) is 20.5. The second kappa shape index (κ2) is 7.70. The third kappa shape index (κ3) is 3.75. The van der Waals surface area contributed by atoms with Crippen LogP contribution < -0.4 is 5.32 Å². The van der Waals surface area contributed by atoms with Gasteiger partial charge in [0.2, 0.25) is 0 Å². The van der Waals surface area contributed by atoms with E-state index in [1.165, 1.54) is 12.1 Å². The van der Waals surface area contributed by atoms with Gasteiger partial charge in [-0.05, 0) is 49.1 Å². The molecule has 6 heteroatoms. The van der Waals surface area contributed by atoms with E-state index < -0.39 is 17.7 Å². The summed E-state index contributed by atoms with van der Waals surface area (Å²) in [4.78, 5) is 35.0. The Labute approximate surface area is 168 Å². The zero-order valence-corrected chi connectivity index (χ0v) is 16.4. The van der Waals surface area contributed by atoms with Crippen LogP contribution in [-0.4, -0.2) is 22.4 Å². The van der Waals surface area contributed by atoms with Gasteiger partial charge in [-0.25, -0.2) is 9.37 Å². The third-order valence-electron chi connectivity index (χ3n) is 5.52. The molecule has 2 heterocycles. The predicted molar refractivity (Wildman–Crippen MR) is 109 cm³/mol. The van der Waals surface area contributed by atoms with E-state index in [4.69, 9.17) is 0 Å². The largest absolute Gasteiger partial charge is 0.307 e. The third-order valence-corrected chi connectivity index (χ3v) is 5.52. The fourth-order valence-corrected chi connectivity index (χ4v) is 4.36. The molecule has 5 nitrogen and oxygen atoms in total. The number of anilines is 1. The molecule has 3 atom stereocenters. The fraction of sp³-hybridized carbons (Fsp3) is 0.304. The number of aliphatic imine (C=N–C) groups is 1. The number of amides is 1. The molecule has 29 heavy (non-hydrogen) atoms. The van der Waals surface area contributed by atoms with Crippen LogP contribution in [0.2, 0.25) is 0 Å². The van der Waals surface area contributed by atoms with Crippen LogP contribution in [0.3, 0.4) is 0 Å². The minimum absolute atomic E-state index is 0.0485. The van der Waals surface area contributed by atoms with Gasteiger partial charge in [0.1, 0.15) is 17.4 Å². The van der Waals surface area contributed by atoms with Gasteiger partial charge in [0.25, 0.3) is 5.91 Å². The Morgan fingerprint density at radius 1 is 1.14 bits per heavy atom. The number of nitrogens with zero attached hydrogens (tertiary/aromatic N) is 2. The molecule has 1 aliphatic carbocycles. The van der Waals surface area contributed by atoms with Gasteiger partial charge in [0.05, 0.1) is 5.92 Å². The Hall–Kier alpha value is -3.15. The van der Waals surface area contributed by atoms with Crippen molar-refractivity contribution in [2.24, 2.45) is 16.8 Å². The number of carbonyl (C=O) groups is 2. The van der Waals surface area contributed by atoms with Gasteiger partial charge in [0.15, 0.2) is 0 Å². The van der Waals surface area contributed by atoms with Gasteiger partial charge in [-0.2, -0.15) is 0 Å². The molecule has 2 aromatic rings. The van der Waals surface area contributed by atoms with Crippen LogP contribution in [0.15, 0.2) is 64.9 Å². The van der Waals surface area contributed by atoms with Gasteiger partial charge in [-0.3, -0.25) is 14.6 Å². The van der Waals surface area contributed by atoms with Crippen molar-refractivity contribution in [1.82, 2.24) is 4.98 Å². The molecular weight excluding hydrogens is 369 g/mol. The highest BCUT2D eigenvalue weighted by molar-refractivity contribution is 6.14. The Morgan fingerprint density at radius 3 is 2.69 bits per heavy atom. The van der Waals surface area contributed by atoms with Crippen molar-refractivity contribution in [3.63, 3.8) is 0 Å². The van der Waals surface area contributed by atoms with E-state index in [-0.39, 0.29) is 17.6 Å². The maximum atomic E-state index is 14.0. The Bertz CT molecular complexity index is 1030. The molecule has 1 aromatic heterocycles. The summed E-state index contributed by atoms with van der Waals surface area (Å²) in [5, 5.41) is 2.79. The van der Waals surface area contributed by atoms with E-state index in [2.05, 4.69) is 15.3 Å². The number of nitrogens with one attached hydrogen (secondary N) is 1. The summed E-state index contributed by atoms with van der Waals surface area (Å²) in [6.07, 6.45) is 2.72. The van der Waals surface area contributed by atoms with Crippen LogP contribution in [0.25, 0.3) is 0 Å². The average Bonchev–Trinajstić information content (AvgIpc) is 2.67. The maximum absolute atomic E-state index is 14.0. The summed E-state index contributed by atoms with van der Waals surface area (Å²) in [5.74, 6) is -1.21. The first-order valence-electron chi connectivity index (χ1n) is 9.73. The first-order chi connectivity index (χ1) is 13.9. The standard InChI is InChI=1S/C23H22FN3O2/c1-13-10-17-22(18(28)11-13)21(15-6-5-7-16(24)12-15)20(14(2)26-17)23(29)27-19-8-3-4-9-25-19/h3-9,12-13,21-22H,10-11H2,1-2H3,(H,25,27,29)/t13-,21+,22?/m1/s1. The maximum Gasteiger partial charge on any atom is 0.255 e. The molecule has 1 N–H and O–H groups in total. The number of aromatic nitrogens is 1. The number of carbonyl (C=O) groups excluding carboxylic acids is 2. The van der Waals surface area contributed by atoms with E-state index in [1.54, 1.807) is 43.5 Å². The minimum atomic E-state index is -0.568. The predicted octanol–water partition coefficient (Wildman–Crippen LogP) is 4.29. The van der Waals surface area contributed by atoms with Crippen molar-refractivity contribution in [2.45, 2.75) is 32.6 Å². The number of rotatable bonds is 3. The van der Waals surface area contributed by atoms with Crippen LogP contribution >= 0.6 is 0 Å². The lowest BCUT2D eigenvalue weighted by molar-refractivity contribution is -0.123. The first kappa shape index (κ1) is 19.2. The van der Waals surface area contributed by atoms with Gasteiger partial charge in [-0.1, -0.05) is 25.1 Å². The number of hydrogen-bond acceptors (Lipinski definition) is 4. The van der Waals surface area contributed by atoms with Gasteiger partial charge in [0, 0.05) is 35.5 Å². The summed E-state index contributed by atoms with van der Waals surface area (Å²) in [6, 6.07) is 11.4. The highest BCUT2D eigenvalue weighted by Crippen LogP contribution is 2.44. The number of allylic oxidation sites excluding steroid dienone is 1. The fourth-order valence-electron chi connectivity index (χ4n) is 4.36. The molecule has 1 amide bonds. The summed E-state index contributed by atoms with van der Waals surface area (Å²) >= 11 is 0. The number of hydrogen-bond donors (Lipinski definition) is 1. The highest BCUT2D eigenvalue weighted by atomic mass is 19.1. The number of pyridine rings is 1. The van der Waals surface area contributed by atoms with Crippen LogP contribution in [0.4, 0.5) is 10.2 Å². The van der Waals surface area contributed by atoms with E-state index in [9.17, 15) is 14.0 Å². The zero-order valence-electron chi connectivity index (χ0n) is 16.4. The Kier molecular flexibility index (Phi) is 5.09. The molecule has 0 radical (unpaired) electrons. The molecule has 1 aliphatic heterocycles. The molecule has 1 aromatic carbocycles. The minimum Gasteiger partial charge on any atom is -0.307 e. The summed E-state index contributed by atoms with van der Waals surface area (Å²) in [5.41, 5.74) is 2.34. The summed E-state index contributed by atoms with van der Waals surface area (Å²) in [6.45, 7) is 3.79. The molecule has 0 bridgehead atoms. The summed E-state index contributed by atoms with van der Waals surface area (Å²) in [7, 11) is 0. The van der Waals surface area contributed by atoms with Crippen LogP contribution in [0.5, 0.6) is 0 Å². The number of benzene rings is 1. The lowest BCUT2D eigenvalue weighted by Crippen LogP contribution is -2.41. The molecule has 0 spiro atoms. The normalized spacial score (nSPS) is 24.0. The van der Waals surface area contributed by atoms with E-state index in [1.807, 2.05) is 6.92 Å². The lowest BCUT2D eigenvalue weighted by Gasteiger charge is -2.37.